The van der Waals surface area contributed by atoms with E-state index in [4.69, 9.17) is 9.84 Å². The molecule has 0 saturated carbocycles. The summed E-state index contributed by atoms with van der Waals surface area (Å²) in [5.41, 5.74) is 0. The topological polar surface area (TPSA) is 92.7 Å². The summed E-state index contributed by atoms with van der Waals surface area (Å²) in [6.45, 7) is 4.17. The molecule has 0 aromatic carbocycles. The molecule has 224 valence electrons. The van der Waals surface area contributed by atoms with Gasteiger partial charge in [0.25, 0.3) is 0 Å². The van der Waals surface area contributed by atoms with Crippen LogP contribution in [0.1, 0.15) is 174 Å². The molecule has 1 unspecified atom stereocenters. The fourth-order valence-corrected chi connectivity index (χ4v) is 4.87. The van der Waals surface area contributed by atoms with Gasteiger partial charge in [-0.05, 0) is 38.5 Å². The number of rotatable bonds is 29. The molecule has 0 saturated heterocycles. The lowest BCUT2D eigenvalue weighted by Gasteiger charge is -2.18. The zero-order valence-corrected chi connectivity index (χ0v) is 25.0. The highest BCUT2D eigenvalue weighted by Crippen LogP contribution is 2.18. The molecule has 0 aliphatic carbocycles. The number of carbonyl (C=O) groups excluding carboxylic acids is 2. The number of hydrogen-bond donors (Lipinski definition) is 2. The zero-order chi connectivity index (χ0) is 28.1. The minimum Gasteiger partial charge on any atom is -0.480 e. The molecule has 0 aliphatic rings. The van der Waals surface area contributed by atoms with Crippen LogP contribution in [0.3, 0.4) is 0 Å². The van der Waals surface area contributed by atoms with Crippen molar-refractivity contribution in [3.63, 3.8) is 0 Å². The minimum atomic E-state index is -1.02. The molecular formula is C32H61NO5. The van der Waals surface area contributed by atoms with E-state index < -0.39 is 5.97 Å². The molecule has 0 aromatic heterocycles. The van der Waals surface area contributed by atoms with E-state index in [2.05, 4.69) is 19.2 Å². The molecule has 0 bridgehead atoms. The van der Waals surface area contributed by atoms with Crippen molar-refractivity contribution >= 4 is 17.8 Å². The molecule has 6 nitrogen and oxygen atoms in total. The zero-order valence-electron chi connectivity index (χ0n) is 25.0. The number of esters is 1. The van der Waals surface area contributed by atoms with Gasteiger partial charge in [-0.25, -0.2) is 0 Å². The van der Waals surface area contributed by atoms with Crippen molar-refractivity contribution in [3.8, 4) is 0 Å². The maximum Gasteiger partial charge on any atom is 0.322 e. The van der Waals surface area contributed by atoms with Crippen LogP contribution in [0, 0.1) is 0 Å². The Morgan fingerprint density at radius 2 is 0.974 bits per heavy atom. The fourth-order valence-electron chi connectivity index (χ4n) is 4.87. The molecule has 0 aromatic rings. The predicted octanol–water partition coefficient (Wildman–Crippen LogP) is 8.89. The van der Waals surface area contributed by atoms with Gasteiger partial charge in [0.1, 0.15) is 12.6 Å². The third kappa shape index (κ3) is 27.4. The summed E-state index contributed by atoms with van der Waals surface area (Å²) in [6.07, 6.45) is 27.9. The number of amides is 1. The molecule has 0 spiro atoms. The fraction of sp³-hybridized carbons (Fsp3) is 0.906. The van der Waals surface area contributed by atoms with E-state index in [1.54, 1.807) is 0 Å². The lowest BCUT2D eigenvalue weighted by molar-refractivity contribution is -0.150. The van der Waals surface area contributed by atoms with Gasteiger partial charge in [0.2, 0.25) is 5.91 Å². The molecule has 1 amide bonds. The molecule has 38 heavy (non-hydrogen) atoms. The first kappa shape index (κ1) is 36.4. The molecule has 0 radical (unpaired) electrons. The van der Waals surface area contributed by atoms with Gasteiger partial charge < -0.3 is 15.2 Å². The van der Waals surface area contributed by atoms with Gasteiger partial charge in [0, 0.05) is 12.8 Å². The molecule has 0 fully saturated rings. The van der Waals surface area contributed by atoms with Crippen LogP contribution in [-0.2, 0) is 19.1 Å². The largest absolute Gasteiger partial charge is 0.480 e. The summed E-state index contributed by atoms with van der Waals surface area (Å²) in [5.74, 6) is -1.26. The molecule has 2 N–H and O–H groups in total. The highest BCUT2D eigenvalue weighted by atomic mass is 16.5. The third-order valence-electron chi connectivity index (χ3n) is 7.28. The maximum atomic E-state index is 12.5. The summed E-state index contributed by atoms with van der Waals surface area (Å²) in [5, 5.41) is 11.0. The summed E-state index contributed by atoms with van der Waals surface area (Å²) in [4.78, 5) is 34.6. The van der Waals surface area contributed by atoms with Crippen molar-refractivity contribution < 1.29 is 24.2 Å². The number of carboxylic acids is 1. The van der Waals surface area contributed by atoms with E-state index in [9.17, 15) is 14.4 Å². The number of hydrogen-bond acceptors (Lipinski definition) is 4. The Morgan fingerprint density at radius 1 is 0.579 bits per heavy atom. The van der Waals surface area contributed by atoms with Crippen molar-refractivity contribution in [1.29, 1.82) is 0 Å². The maximum absolute atomic E-state index is 12.5. The molecule has 1 atom stereocenters. The van der Waals surface area contributed by atoms with Crippen LogP contribution in [0.2, 0.25) is 0 Å². The van der Waals surface area contributed by atoms with E-state index in [1.807, 2.05) is 0 Å². The average molecular weight is 540 g/mol. The van der Waals surface area contributed by atoms with Crippen LogP contribution in [0.15, 0.2) is 0 Å². The normalized spacial score (nSPS) is 11.8. The summed E-state index contributed by atoms with van der Waals surface area (Å²) < 4.78 is 5.91. The second-order valence-corrected chi connectivity index (χ2v) is 11.1. The Balaban J connectivity index is 4.05. The summed E-state index contributed by atoms with van der Waals surface area (Å²) >= 11 is 0. The van der Waals surface area contributed by atoms with E-state index in [-0.39, 0.29) is 24.5 Å². The van der Waals surface area contributed by atoms with Crippen molar-refractivity contribution in [3.05, 3.63) is 0 Å². The van der Waals surface area contributed by atoms with Gasteiger partial charge in [0.15, 0.2) is 0 Å². The average Bonchev–Trinajstić information content (AvgIpc) is 2.89. The molecular weight excluding hydrogens is 478 g/mol. The second kappa shape index (κ2) is 28.4. The standard InChI is InChI=1S/C32H61NO5/c1-3-5-7-9-11-12-13-14-15-17-23-27-32(37)38-29(24-20-16-10-8-6-4-2)25-21-18-19-22-26-30(34)33-28-31(35)36/h29H,3-28H2,1-2H3,(H,33,34)(H,35,36). The first-order valence-electron chi connectivity index (χ1n) is 16.2. The number of aliphatic carboxylic acids is 1. The molecule has 0 heterocycles. The van der Waals surface area contributed by atoms with Gasteiger partial charge in [-0.3, -0.25) is 14.4 Å². The Kier molecular flexibility index (Phi) is 27.2. The smallest absolute Gasteiger partial charge is 0.322 e. The second-order valence-electron chi connectivity index (χ2n) is 11.1. The lowest BCUT2D eigenvalue weighted by atomic mass is 10.0. The first-order valence-corrected chi connectivity index (χ1v) is 16.2. The molecule has 0 rings (SSSR count). The first-order chi connectivity index (χ1) is 18.5. The van der Waals surface area contributed by atoms with E-state index >= 15 is 0 Å². The summed E-state index contributed by atoms with van der Waals surface area (Å²) in [6, 6.07) is 0. The molecule has 6 heteroatoms. The van der Waals surface area contributed by atoms with Crippen molar-refractivity contribution in [2.24, 2.45) is 0 Å². The van der Waals surface area contributed by atoms with Crippen molar-refractivity contribution in [2.75, 3.05) is 6.54 Å². The van der Waals surface area contributed by atoms with Crippen LogP contribution in [-0.4, -0.2) is 35.6 Å². The van der Waals surface area contributed by atoms with E-state index in [1.165, 1.54) is 89.9 Å². The van der Waals surface area contributed by atoms with E-state index in [0.717, 1.165) is 57.8 Å². The number of carbonyl (C=O) groups is 3. The van der Waals surface area contributed by atoms with Gasteiger partial charge in [0.05, 0.1) is 0 Å². The van der Waals surface area contributed by atoms with Gasteiger partial charge in [-0.1, -0.05) is 123 Å². The minimum absolute atomic E-state index is 0.0141. The van der Waals surface area contributed by atoms with Crippen molar-refractivity contribution in [2.45, 2.75) is 180 Å². The Hall–Kier alpha value is -1.59. The number of unbranched alkanes of at least 4 members (excludes halogenated alkanes) is 18. The Bertz CT molecular complexity index is 566. The Labute approximate surface area is 234 Å². The van der Waals surface area contributed by atoms with Crippen LogP contribution < -0.4 is 5.32 Å². The van der Waals surface area contributed by atoms with Crippen molar-refractivity contribution in [1.82, 2.24) is 5.32 Å². The SMILES string of the molecule is CCCCCCCCCCCCCC(=O)OC(CCCCCCCC)CCCCCCC(=O)NCC(=O)O. The lowest BCUT2D eigenvalue weighted by Crippen LogP contribution is -2.28. The number of carboxylic acid groups (broad SMARTS) is 1. The van der Waals surface area contributed by atoms with Gasteiger partial charge >= 0.3 is 11.9 Å². The predicted molar refractivity (Wildman–Crippen MR) is 157 cm³/mol. The summed E-state index contributed by atoms with van der Waals surface area (Å²) in [7, 11) is 0. The number of nitrogens with one attached hydrogen (secondary N) is 1. The highest BCUT2D eigenvalue weighted by Gasteiger charge is 2.14. The quantitative estimate of drug-likeness (QED) is 0.0731. The van der Waals surface area contributed by atoms with Crippen LogP contribution in [0.5, 0.6) is 0 Å². The van der Waals surface area contributed by atoms with Crippen LogP contribution >= 0.6 is 0 Å². The van der Waals surface area contributed by atoms with E-state index in [0.29, 0.717) is 12.8 Å². The van der Waals surface area contributed by atoms with Crippen LogP contribution in [0.25, 0.3) is 0 Å². The Morgan fingerprint density at radius 3 is 1.42 bits per heavy atom. The monoisotopic (exact) mass is 539 g/mol. The van der Waals surface area contributed by atoms with Gasteiger partial charge in [-0.2, -0.15) is 0 Å². The van der Waals surface area contributed by atoms with Crippen LogP contribution in [0.4, 0.5) is 0 Å². The molecule has 0 aliphatic heterocycles. The third-order valence-corrected chi connectivity index (χ3v) is 7.28. The van der Waals surface area contributed by atoms with Gasteiger partial charge in [-0.15, -0.1) is 0 Å². The number of ether oxygens (including phenoxy) is 1. The highest BCUT2D eigenvalue weighted by molar-refractivity contribution is 5.80.